The standard InChI is InChI=1S/C26H28N6O4/c1-31-6-8-32(9-7-31)26(34)20-12-21-19(15-28-24(21)29-16-20)11-18(13-27)25(33)30-14-17-4-5-22(35-2)23(10-17)36-3/h4-5,10-12,15-16H,6-9,14H2,1-3H3,(H,28,29)(H,30,33)/b18-11+. The fourth-order valence-electron chi connectivity index (χ4n) is 4.02. The Kier molecular flexibility index (Phi) is 7.51. The van der Waals surface area contributed by atoms with Crippen molar-refractivity contribution < 1.29 is 19.1 Å². The van der Waals surface area contributed by atoms with Crippen LogP contribution in [0.4, 0.5) is 0 Å². The second-order valence-corrected chi connectivity index (χ2v) is 8.50. The molecular formula is C26H28N6O4. The molecule has 36 heavy (non-hydrogen) atoms. The summed E-state index contributed by atoms with van der Waals surface area (Å²) in [5.41, 5.74) is 2.37. The van der Waals surface area contributed by atoms with E-state index in [1.807, 2.05) is 24.1 Å². The van der Waals surface area contributed by atoms with Gasteiger partial charge in [0.25, 0.3) is 11.8 Å². The number of nitrogens with zero attached hydrogens (tertiary/aromatic N) is 4. The molecule has 3 aromatic rings. The number of carbonyl (C=O) groups excluding carboxylic acids is 2. The predicted molar refractivity (Wildman–Crippen MR) is 134 cm³/mol. The largest absolute Gasteiger partial charge is 0.493 e. The maximum atomic E-state index is 13.0. The number of hydrogen-bond donors (Lipinski definition) is 2. The van der Waals surface area contributed by atoms with Gasteiger partial charge in [0.1, 0.15) is 17.3 Å². The monoisotopic (exact) mass is 488 g/mol. The molecule has 186 valence electrons. The van der Waals surface area contributed by atoms with Crippen molar-refractivity contribution in [2.75, 3.05) is 47.4 Å². The lowest BCUT2D eigenvalue weighted by Gasteiger charge is -2.32. The maximum absolute atomic E-state index is 13.0. The van der Waals surface area contributed by atoms with E-state index in [2.05, 4.69) is 20.2 Å². The fourth-order valence-corrected chi connectivity index (χ4v) is 4.02. The number of rotatable bonds is 7. The molecule has 0 spiro atoms. The van der Waals surface area contributed by atoms with E-state index in [1.54, 1.807) is 37.7 Å². The van der Waals surface area contributed by atoms with Crippen LogP contribution in [0, 0.1) is 11.3 Å². The summed E-state index contributed by atoms with van der Waals surface area (Å²) in [6, 6.07) is 9.04. The minimum atomic E-state index is -0.515. The lowest BCUT2D eigenvalue weighted by atomic mass is 10.1. The van der Waals surface area contributed by atoms with Crippen molar-refractivity contribution in [3.63, 3.8) is 0 Å². The van der Waals surface area contributed by atoms with Crippen molar-refractivity contribution in [3.05, 3.63) is 58.9 Å². The molecule has 3 heterocycles. The molecular weight excluding hydrogens is 460 g/mol. The number of benzene rings is 1. The molecule has 2 aromatic heterocycles. The maximum Gasteiger partial charge on any atom is 0.262 e. The molecule has 1 aliphatic rings. The number of aromatic nitrogens is 2. The van der Waals surface area contributed by atoms with Gasteiger partial charge in [0.15, 0.2) is 11.5 Å². The van der Waals surface area contributed by atoms with Crippen LogP contribution < -0.4 is 14.8 Å². The minimum Gasteiger partial charge on any atom is -0.493 e. The average Bonchev–Trinajstić information content (AvgIpc) is 3.31. The van der Waals surface area contributed by atoms with Crippen LogP contribution in [-0.2, 0) is 11.3 Å². The van der Waals surface area contributed by atoms with Gasteiger partial charge in [-0.25, -0.2) is 4.98 Å². The first-order valence-electron chi connectivity index (χ1n) is 11.5. The first-order valence-corrected chi connectivity index (χ1v) is 11.5. The zero-order valence-corrected chi connectivity index (χ0v) is 20.5. The van der Waals surface area contributed by atoms with Crippen molar-refractivity contribution in [3.8, 4) is 17.6 Å². The third kappa shape index (κ3) is 5.31. The molecule has 2 N–H and O–H groups in total. The van der Waals surface area contributed by atoms with Crippen LogP contribution in [-0.4, -0.2) is 79.0 Å². The average molecular weight is 489 g/mol. The third-order valence-electron chi connectivity index (χ3n) is 6.17. The van der Waals surface area contributed by atoms with E-state index in [4.69, 9.17) is 9.47 Å². The SMILES string of the molecule is COc1ccc(CNC(=O)/C(C#N)=C/c2c[nH]c3ncc(C(=O)N4CCN(C)CC4)cc23)cc1OC. The van der Waals surface area contributed by atoms with Crippen molar-refractivity contribution in [1.29, 1.82) is 5.26 Å². The summed E-state index contributed by atoms with van der Waals surface area (Å²) in [4.78, 5) is 37.1. The highest BCUT2D eigenvalue weighted by molar-refractivity contribution is 6.04. The van der Waals surface area contributed by atoms with Crippen LogP contribution in [0.2, 0.25) is 0 Å². The number of fused-ring (bicyclic) bond motifs is 1. The summed E-state index contributed by atoms with van der Waals surface area (Å²) >= 11 is 0. The number of methoxy groups -OCH3 is 2. The highest BCUT2D eigenvalue weighted by atomic mass is 16.5. The van der Waals surface area contributed by atoms with Crippen molar-refractivity contribution >= 4 is 28.9 Å². The Morgan fingerprint density at radius 1 is 1.17 bits per heavy atom. The molecule has 10 nitrogen and oxygen atoms in total. The topological polar surface area (TPSA) is 124 Å². The molecule has 1 fully saturated rings. The van der Waals surface area contributed by atoms with Crippen LogP contribution in [0.25, 0.3) is 17.1 Å². The highest BCUT2D eigenvalue weighted by Crippen LogP contribution is 2.27. The number of piperazine rings is 1. The van der Waals surface area contributed by atoms with Gasteiger partial charge in [-0.15, -0.1) is 0 Å². The first kappa shape index (κ1) is 24.8. The molecule has 0 bridgehead atoms. The van der Waals surface area contributed by atoms with Gasteiger partial charge in [-0.2, -0.15) is 5.26 Å². The number of ether oxygens (including phenoxy) is 2. The molecule has 0 aliphatic carbocycles. The second kappa shape index (κ2) is 10.9. The Morgan fingerprint density at radius 3 is 2.61 bits per heavy atom. The van der Waals surface area contributed by atoms with Crippen LogP contribution >= 0.6 is 0 Å². The summed E-state index contributed by atoms with van der Waals surface area (Å²) in [6.07, 6.45) is 4.71. The number of aromatic amines is 1. The van der Waals surface area contributed by atoms with Crippen molar-refractivity contribution in [2.45, 2.75) is 6.54 Å². The Labute approximate surface area is 209 Å². The Morgan fingerprint density at radius 2 is 1.92 bits per heavy atom. The molecule has 2 amide bonds. The van der Waals surface area contributed by atoms with E-state index in [0.717, 1.165) is 18.7 Å². The number of nitriles is 1. The fraction of sp³-hybridized carbons (Fsp3) is 0.308. The number of nitrogens with one attached hydrogen (secondary N) is 2. The number of carbonyl (C=O) groups is 2. The van der Waals surface area contributed by atoms with E-state index in [9.17, 15) is 14.9 Å². The third-order valence-corrected chi connectivity index (χ3v) is 6.17. The van der Waals surface area contributed by atoms with Gasteiger partial charge in [-0.1, -0.05) is 6.07 Å². The zero-order valence-electron chi connectivity index (χ0n) is 20.5. The van der Waals surface area contributed by atoms with E-state index >= 15 is 0 Å². The smallest absolute Gasteiger partial charge is 0.262 e. The van der Waals surface area contributed by atoms with E-state index in [0.29, 0.717) is 46.7 Å². The van der Waals surface area contributed by atoms with Crippen molar-refractivity contribution in [2.24, 2.45) is 0 Å². The Bertz CT molecular complexity index is 1350. The molecule has 0 unspecified atom stereocenters. The van der Waals surface area contributed by atoms with E-state index < -0.39 is 5.91 Å². The van der Waals surface area contributed by atoms with Gasteiger partial charge < -0.3 is 29.6 Å². The van der Waals surface area contributed by atoms with Gasteiger partial charge >= 0.3 is 0 Å². The number of likely N-dealkylation sites (N-methyl/N-ethyl adjacent to an activating group) is 1. The Hall–Kier alpha value is -4.36. The lowest BCUT2D eigenvalue weighted by Crippen LogP contribution is -2.47. The zero-order chi connectivity index (χ0) is 25.7. The Balaban J connectivity index is 1.51. The van der Waals surface area contributed by atoms with Crippen LogP contribution in [0.15, 0.2) is 42.2 Å². The summed E-state index contributed by atoms with van der Waals surface area (Å²) in [5, 5.41) is 13.1. The second-order valence-electron chi connectivity index (χ2n) is 8.50. The van der Waals surface area contributed by atoms with Crippen LogP contribution in [0.1, 0.15) is 21.5 Å². The number of pyridine rings is 1. The van der Waals surface area contributed by atoms with Gasteiger partial charge in [0, 0.05) is 56.1 Å². The van der Waals surface area contributed by atoms with Crippen LogP contribution in [0.3, 0.4) is 0 Å². The molecule has 4 rings (SSSR count). The van der Waals surface area contributed by atoms with Crippen LogP contribution in [0.5, 0.6) is 11.5 Å². The van der Waals surface area contributed by atoms with Gasteiger partial charge in [-0.05, 0) is 36.9 Å². The van der Waals surface area contributed by atoms with Gasteiger partial charge in [-0.3, -0.25) is 9.59 Å². The number of H-pyrrole nitrogens is 1. The van der Waals surface area contributed by atoms with E-state index in [1.165, 1.54) is 13.2 Å². The number of hydrogen-bond acceptors (Lipinski definition) is 7. The highest BCUT2D eigenvalue weighted by Gasteiger charge is 2.21. The minimum absolute atomic E-state index is 0.0628. The quantitative estimate of drug-likeness (QED) is 0.386. The molecule has 0 atom stereocenters. The molecule has 1 aromatic carbocycles. The molecule has 1 aliphatic heterocycles. The predicted octanol–water partition coefficient (Wildman–Crippen LogP) is 2.19. The molecule has 10 heteroatoms. The summed E-state index contributed by atoms with van der Waals surface area (Å²) in [6.45, 7) is 3.17. The van der Waals surface area contributed by atoms with Crippen molar-refractivity contribution in [1.82, 2.24) is 25.1 Å². The first-order chi connectivity index (χ1) is 17.4. The molecule has 1 saturated heterocycles. The number of amides is 2. The summed E-state index contributed by atoms with van der Waals surface area (Å²) in [5.74, 6) is 0.540. The summed E-state index contributed by atoms with van der Waals surface area (Å²) in [7, 11) is 5.12. The van der Waals surface area contributed by atoms with Gasteiger partial charge in [0.05, 0.1) is 19.8 Å². The van der Waals surface area contributed by atoms with Gasteiger partial charge in [0.2, 0.25) is 0 Å². The molecule has 0 radical (unpaired) electrons. The van der Waals surface area contributed by atoms with E-state index in [-0.39, 0.29) is 18.0 Å². The molecule has 0 saturated carbocycles. The normalized spacial score (nSPS) is 14.4. The summed E-state index contributed by atoms with van der Waals surface area (Å²) < 4.78 is 10.5. The lowest BCUT2D eigenvalue weighted by molar-refractivity contribution is -0.117.